The Morgan fingerprint density at radius 3 is 2.65 bits per heavy atom. The van der Waals surface area contributed by atoms with Gasteiger partial charge in [-0.25, -0.2) is 4.39 Å². The maximum absolute atomic E-state index is 13.8. The van der Waals surface area contributed by atoms with E-state index in [4.69, 9.17) is 21.1 Å². The molecule has 106 valence electrons. The quantitative estimate of drug-likeness (QED) is 0.702. The molecule has 20 heavy (non-hydrogen) atoms. The van der Waals surface area contributed by atoms with Crippen molar-refractivity contribution in [2.75, 3.05) is 7.11 Å². The van der Waals surface area contributed by atoms with Crippen LogP contribution >= 0.6 is 27.5 Å². The van der Waals surface area contributed by atoms with Crippen molar-refractivity contribution >= 4 is 27.5 Å². The molecular weight excluding hydrogens is 347 g/mol. The second-order valence-corrected chi connectivity index (χ2v) is 5.08. The van der Waals surface area contributed by atoms with Gasteiger partial charge in [0.1, 0.15) is 23.9 Å². The Labute approximate surface area is 130 Å². The second kappa shape index (κ2) is 6.95. The van der Waals surface area contributed by atoms with Crippen molar-refractivity contribution in [1.29, 1.82) is 0 Å². The summed E-state index contributed by atoms with van der Waals surface area (Å²) < 4.78 is 24.4. The zero-order chi connectivity index (χ0) is 14.5. The molecule has 0 fully saturated rings. The summed E-state index contributed by atoms with van der Waals surface area (Å²) in [7, 11) is 1.50. The Bertz CT molecular complexity index is 604. The molecule has 0 radical (unpaired) electrons. The Hall–Kier alpha value is -1.26. The first kappa shape index (κ1) is 15.1. The molecule has 2 nitrogen and oxygen atoms in total. The van der Waals surface area contributed by atoms with Gasteiger partial charge in [0.2, 0.25) is 0 Å². The van der Waals surface area contributed by atoms with Crippen LogP contribution in [-0.4, -0.2) is 7.11 Å². The SMILES string of the molecule is COc1ccc(COc2c(Cl)cccc2CBr)c(F)c1. The van der Waals surface area contributed by atoms with Crippen molar-refractivity contribution < 1.29 is 13.9 Å². The lowest BCUT2D eigenvalue weighted by Crippen LogP contribution is -2.01. The van der Waals surface area contributed by atoms with Crippen molar-refractivity contribution in [2.45, 2.75) is 11.9 Å². The average molecular weight is 360 g/mol. The fraction of sp³-hybridized carbons (Fsp3) is 0.200. The number of methoxy groups -OCH3 is 1. The van der Waals surface area contributed by atoms with E-state index in [9.17, 15) is 4.39 Å². The highest BCUT2D eigenvalue weighted by molar-refractivity contribution is 9.08. The summed E-state index contributed by atoms with van der Waals surface area (Å²) in [4.78, 5) is 0. The van der Waals surface area contributed by atoms with Crippen LogP contribution in [0.2, 0.25) is 5.02 Å². The maximum atomic E-state index is 13.8. The van der Waals surface area contributed by atoms with E-state index in [1.54, 1.807) is 18.2 Å². The van der Waals surface area contributed by atoms with Crippen LogP contribution < -0.4 is 9.47 Å². The number of halogens is 3. The van der Waals surface area contributed by atoms with E-state index in [0.29, 0.717) is 27.4 Å². The Kier molecular flexibility index (Phi) is 5.26. The zero-order valence-corrected chi connectivity index (χ0v) is 13.2. The van der Waals surface area contributed by atoms with Crippen LogP contribution in [-0.2, 0) is 11.9 Å². The fourth-order valence-electron chi connectivity index (χ4n) is 1.74. The van der Waals surface area contributed by atoms with Crippen molar-refractivity contribution in [3.63, 3.8) is 0 Å². The lowest BCUT2D eigenvalue weighted by Gasteiger charge is -2.12. The highest BCUT2D eigenvalue weighted by atomic mass is 79.9. The Balaban J connectivity index is 2.17. The molecule has 0 unspecified atom stereocenters. The predicted octanol–water partition coefficient (Wildman–Crippen LogP) is 4.96. The number of alkyl halides is 1. The molecule has 0 saturated carbocycles. The normalized spacial score (nSPS) is 10.4. The van der Waals surface area contributed by atoms with Gasteiger partial charge in [0.15, 0.2) is 0 Å². The van der Waals surface area contributed by atoms with Gasteiger partial charge in [-0.3, -0.25) is 0 Å². The van der Waals surface area contributed by atoms with E-state index in [1.807, 2.05) is 12.1 Å². The van der Waals surface area contributed by atoms with Gasteiger partial charge in [0.05, 0.1) is 12.1 Å². The van der Waals surface area contributed by atoms with E-state index in [-0.39, 0.29) is 12.4 Å². The summed E-state index contributed by atoms with van der Waals surface area (Å²) in [6.07, 6.45) is 0. The molecule has 5 heteroatoms. The van der Waals surface area contributed by atoms with Gasteiger partial charge in [0, 0.05) is 22.5 Å². The van der Waals surface area contributed by atoms with Crippen molar-refractivity contribution in [1.82, 2.24) is 0 Å². The number of hydrogen-bond acceptors (Lipinski definition) is 2. The smallest absolute Gasteiger partial charge is 0.142 e. The van der Waals surface area contributed by atoms with Gasteiger partial charge in [-0.05, 0) is 18.2 Å². The molecule has 0 heterocycles. The summed E-state index contributed by atoms with van der Waals surface area (Å²) in [6, 6.07) is 10.2. The first-order chi connectivity index (χ1) is 9.65. The van der Waals surface area contributed by atoms with Crippen LogP contribution in [0.4, 0.5) is 4.39 Å². The van der Waals surface area contributed by atoms with Crippen LogP contribution in [0.1, 0.15) is 11.1 Å². The summed E-state index contributed by atoms with van der Waals surface area (Å²) in [5, 5.41) is 1.13. The number of rotatable bonds is 5. The largest absolute Gasteiger partial charge is 0.497 e. The fourth-order valence-corrected chi connectivity index (χ4v) is 2.43. The Morgan fingerprint density at radius 2 is 2.00 bits per heavy atom. The topological polar surface area (TPSA) is 18.5 Å². The van der Waals surface area contributed by atoms with E-state index in [0.717, 1.165) is 5.56 Å². The summed E-state index contributed by atoms with van der Waals surface area (Å²) >= 11 is 9.48. The van der Waals surface area contributed by atoms with E-state index in [1.165, 1.54) is 13.2 Å². The molecule has 0 aliphatic rings. The number of para-hydroxylation sites is 1. The van der Waals surface area contributed by atoms with Gasteiger partial charge in [-0.1, -0.05) is 39.7 Å². The van der Waals surface area contributed by atoms with Gasteiger partial charge in [-0.2, -0.15) is 0 Å². The van der Waals surface area contributed by atoms with E-state index < -0.39 is 0 Å². The van der Waals surface area contributed by atoms with Crippen LogP contribution in [0.3, 0.4) is 0 Å². The number of hydrogen-bond donors (Lipinski definition) is 0. The second-order valence-electron chi connectivity index (χ2n) is 4.11. The molecule has 0 spiro atoms. The third-order valence-electron chi connectivity index (χ3n) is 2.82. The van der Waals surface area contributed by atoms with E-state index >= 15 is 0 Å². The molecule has 0 saturated heterocycles. The molecular formula is C15H13BrClFO2. The van der Waals surface area contributed by atoms with Crippen LogP contribution in [0.5, 0.6) is 11.5 Å². The Morgan fingerprint density at radius 1 is 1.20 bits per heavy atom. The van der Waals surface area contributed by atoms with Crippen molar-refractivity contribution in [3.8, 4) is 11.5 Å². The molecule has 0 bridgehead atoms. The van der Waals surface area contributed by atoms with Gasteiger partial charge >= 0.3 is 0 Å². The number of benzene rings is 2. The lowest BCUT2D eigenvalue weighted by atomic mass is 10.2. The first-order valence-corrected chi connectivity index (χ1v) is 7.44. The standard InChI is InChI=1S/C15H13BrClFO2/c1-19-12-6-5-11(14(18)7-12)9-20-15-10(8-16)3-2-4-13(15)17/h2-7H,8-9H2,1H3. The van der Waals surface area contributed by atoms with Crippen LogP contribution in [0.25, 0.3) is 0 Å². The average Bonchev–Trinajstić information content (AvgIpc) is 2.46. The molecule has 2 aromatic carbocycles. The maximum Gasteiger partial charge on any atom is 0.142 e. The molecule has 0 aliphatic carbocycles. The molecule has 0 amide bonds. The van der Waals surface area contributed by atoms with Crippen molar-refractivity contribution in [2.24, 2.45) is 0 Å². The first-order valence-electron chi connectivity index (χ1n) is 5.94. The lowest BCUT2D eigenvalue weighted by molar-refractivity contribution is 0.297. The highest BCUT2D eigenvalue weighted by Gasteiger charge is 2.10. The van der Waals surface area contributed by atoms with Gasteiger partial charge in [-0.15, -0.1) is 0 Å². The van der Waals surface area contributed by atoms with Crippen molar-refractivity contribution in [3.05, 3.63) is 58.4 Å². The van der Waals surface area contributed by atoms with Gasteiger partial charge in [0.25, 0.3) is 0 Å². The summed E-state index contributed by atoms with van der Waals surface area (Å²) in [5.41, 5.74) is 1.37. The highest BCUT2D eigenvalue weighted by Crippen LogP contribution is 2.31. The molecule has 0 N–H and O–H groups in total. The summed E-state index contributed by atoms with van der Waals surface area (Å²) in [5.74, 6) is 0.684. The molecule has 0 aromatic heterocycles. The van der Waals surface area contributed by atoms with Gasteiger partial charge < -0.3 is 9.47 Å². The third-order valence-corrected chi connectivity index (χ3v) is 3.73. The molecule has 0 aliphatic heterocycles. The minimum Gasteiger partial charge on any atom is -0.497 e. The zero-order valence-electron chi connectivity index (χ0n) is 10.8. The molecule has 2 aromatic rings. The van der Waals surface area contributed by atoms with Crippen LogP contribution in [0, 0.1) is 5.82 Å². The molecule has 0 atom stereocenters. The minimum absolute atomic E-state index is 0.111. The van der Waals surface area contributed by atoms with E-state index in [2.05, 4.69) is 15.9 Å². The molecule has 2 rings (SSSR count). The third kappa shape index (κ3) is 3.44. The minimum atomic E-state index is -0.364. The summed E-state index contributed by atoms with van der Waals surface area (Å²) in [6.45, 7) is 0.111. The number of ether oxygens (including phenoxy) is 2. The monoisotopic (exact) mass is 358 g/mol. The predicted molar refractivity (Wildman–Crippen MR) is 81.4 cm³/mol. The van der Waals surface area contributed by atoms with Crippen LogP contribution in [0.15, 0.2) is 36.4 Å².